The Morgan fingerprint density at radius 1 is 0.938 bits per heavy atom. The smallest absolute Gasteiger partial charge is 0.313 e. The fourth-order valence-corrected chi connectivity index (χ4v) is 3.68. The fraction of sp³-hybridized carbons (Fsp3) is 0.417. The van der Waals surface area contributed by atoms with Crippen molar-refractivity contribution in [2.45, 2.75) is 13.0 Å². The topological polar surface area (TPSA) is 83.1 Å². The zero-order valence-electron chi connectivity index (χ0n) is 19.0. The van der Waals surface area contributed by atoms with E-state index in [1.807, 2.05) is 31.2 Å². The lowest BCUT2D eigenvalue weighted by molar-refractivity contribution is -0.136. The third-order valence-electron chi connectivity index (χ3n) is 5.56. The number of ether oxygens (including phenoxy) is 2. The van der Waals surface area contributed by atoms with Crippen LogP contribution in [-0.4, -0.2) is 75.1 Å². The minimum atomic E-state index is -0.694. The number of hydrogen-bond acceptors (Lipinski definition) is 6. The van der Waals surface area contributed by atoms with Gasteiger partial charge in [0.2, 0.25) is 0 Å². The number of carbonyl (C=O) groups is 2. The van der Waals surface area contributed by atoms with Crippen molar-refractivity contribution in [3.05, 3.63) is 54.1 Å². The van der Waals surface area contributed by atoms with Crippen LogP contribution in [0, 0.1) is 0 Å². The Labute approximate surface area is 189 Å². The molecule has 1 fully saturated rings. The summed E-state index contributed by atoms with van der Waals surface area (Å²) < 4.78 is 10.7. The molecule has 32 heavy (non-hydrogen) atoms. The summed E-state index contributed by atoms with van der Waals surface area (Å²) in [5, 5.41) is 5.44. The predicted octanol–water partition coefficient (Wildman–Crippen LogP) is 2.14. The van der Waals surface area contributed by atoms with Crippen LogP contribution in [0.15, 0.2) is 48.5 Å². The average Bonchev–Trinajstić information content (AvgIpc) is 2.82. The lowest BCUT2D eigenvalue weighted by atomic mass is 10.0. The Bertz CT molecular complexity index is 878. The molecule has 0 aromatic heterocycles. The van der Waals surface area contributed by atoms with Gasteiger partial charge in [0.25, 0.3) is 0 Å². The zero-order chi connectivity index (χ0) is 22.9. The molecule has 8 heteroatoms. The number of rotatable bonds is 8. The number of nitrogens with zero attached hydrogens (tertiary/aromatic N) is 2. The number of carbonyl (C=O) groups excluding carboxylic acids is 2. The van der Waals surface area contributed by atoms with Crippen LogP contribution in [-0.2, 0) is 9.59 Å². The minimum Gasteiger partial charge on any atom is -0.497 e. The minimum absolute atomic E-state index is 0.0307. The van der Waals surface area contributed by atoms with Crippen molar-refractivity contribution in [3.63, 3.8) is 0 Å². The maximum absolute atomic E-state index is 12.5. The number of anilines is 1. The first kappa shape index (κ1) is 23.6. The summed E-state index contributed by atoms with van der Waals surface area (Å²) in [6, 6.07) is 14.7. The molecule has 2 aromatic carbocycles. The second kappa shape index (κ2) is 11.5. The first-order chi connectivity index (χ1) is 15.5. The Hall–Kier alpha value is -3.10. The molecule has 0 aliphatic carbocycles. The normalized spacial score (nSPS) is 15.6. The molecular weight excluding hydrogens is 408 g/mol. The van der Waals surface area contributed by atoms with Crippen molar-refractivity contribution in [1.82, 2.24) is 15.1 Å². The summed E-state index contributed by atoms with van der Waals surface area (Å²) in [5.74, 6) is 0.140. The van der Waals surface area contributed by atoms with Crippen LogP contribution in [0.25, 0.3) is 0 Å². The molecule has 0 unspecified atom stereocenters. The van der Waals surface area contributed by atoms with E-state index in [9.17, 15) is 9.59 Å². The molecule has 0 bridgehead atoms. The molecule has 1 heterocycles. The number of benzene rings is 2. The van der Waals surface area contributed by atoms with Gasteiger partial charge in [-0.15, -0.1) is 0 Å². The Kier molecular flexibility index (Phi) is 8.47. The van der Waals surface area contributed by atoms with E-state index in [2.05, 4.69) is 27.5 Å². The van der Waals surface area contributed by atoms with Crippen LogP contribution in [0.1, 0.15) is 18.5 Å². The van der Waals surface area contributed by atoms with Crippen LogP contribution < -0.4 is 20.1 Å². The number of methoxy groups -OCH3 is 1. The molecule has 1 saturated heterocycles. The van der Waals surface area contributed by atoms with Gasteiger partial charge >= 0.3 is 11.8 Å². The highest BCUT2D eigenvalue weighted by Crippen LogP contribution is 2.24. The lowest BCUT2D eigenvalue weighted by Crippen LogP contribution is -2.49. The SMILES string of the molecule is CCOc1ccc(NC(=O)C(=O)NC[C@H](c2ccc(OC)cc2)N2CCN(C)CC2)cc1. The molecule has 172 valence electrons. The van der Waals surface area contributed by atoms with E-state index in [4.69, 9.17) is 9.47 Å². The molecular formula is C24H32N4O4. The van der Waals surface area contributed by atoms with E-state index in [0.29, 0.717) is 24.6 Å². The summed E-state index contributed by atoms with van der Waals surface area (Å²) >= 11 is 0. The zero-order valence-corrected chi connectivity index (χ0v) is 19.0. The molecule has 0 saturated carbocycles. The summed E-state index contributed by atoms with van der Waals surface area (Å²) in [6.45, 7) is 6.50. The van der Waals surface area contributed by atoms with Gasteiger partial charge in [0.15, 0.2) is 0 Å². The second-order valence-electron chi connectivity index (χ2n) is 7.75. The number of nitrogens with one attached hydrogen (secondary N) is 2. The van der Waals surface area contributed by atoms with Crippen LogP contribution in [0.3, 0.4) is 0 Å². The molecule has 3 rings (SSSR count). The van der Waals surface area contributed by atoms with E-state index < -0.39 is 11.8 Å². The summed E-state index contributed by atoms with van der Waals surface area (Å²) in [5.41, 5.74) is 1.61. The molecule has 8 nitrogen and oxygen atoms in total. The van der Waals surface area contributed by atoms with Gasteiger partial charge in [-0.05, 0) is 55.9 Å². The highest BCUT2D eigenvalue weighted by atomic mass is 16.5. The van der Waals surface area contributed by atoms with E-state index >= 15 is 0 Å². The quantitative estimate of drug-likeness (QED) is 0.612. The number of likely N-dealkylation sites (N-methyl/N-ethyl adjacent to an activating group) is 1. The largest absolute Gasteiger partial charge is 0.497 e. The van der Waals surface area contributed by atoms with E-state index in [0.717, 1.165) is 37.5 Å². The standard InChI is InChI=1S/C24H32N4O4/c1-4-32-21-11-7-19(8-12-21)26-24(30)23(29)25-17-22(28-15-13-27(2)14-16-28)18-5-9-20(31-3)10-6-18/h5-12,22H,4,13-17H2,1-3H3,(H,25,29)(H,26,30)/t22-/m1/s1. The van der Waals surface area contributed by atoms with Crippen LogP contribution in [0.2, 0.25) is 0 Å². The van der Waals surface area contributed by atoms with Crippen molar-refractivity contribution in [3.8, 4) is 11.5 Å². The maximum Gasteiger partial charge on any atom is 0.313 e. The van der Waals surface area contributed by atoms with E-state index in [1.165, 1.54) is 0 Å². The highest BCUT2D eigenvalue weighted by molar-refractivity contribution is 6.39. The average molecular weight is 441 g/mol. The first-order valence-electron chi connectivity index (χ1n) is 10.9. The molecule has 1 atom stereocenters. The Balaban J connectivity index is 1.62. The van der Waals surface area contributed by atoms with Crippen LogP contribution >= 0.6 is 0 Å². The van der Waals surface area contributed by atoms with Gasteiger partial charge in [-0.3, -0.25) is 14.5 Å². The van der Waals surface area contributed by atoms with Gasteiger partial charge in [-0.2, -0.15) is 0 Å². The first-order valence-corrected chi connectivity index (χ1v) is 10.9. The highest BCUT2D eigenvalue weighted by Gasteiger charge is 2.25. The summed E-state index contributed by atoms with van der Waals surface area (Å²) in [4.78, 5) is 29.5. The van der Waals surface area contributed by atoms with E-state index in [-0.39, 0.29) is 6.04 Å². The van der Waals surface area contributed by atoms with Gasteiger partial charge in [0, 0.05) is 38.4 Å². The van der Waals surface area contributed by atoms with Gasteiger partial charge < -0.3 is 25.0 Å². The number of hydrogen-bond donors (Lipinski definition) is 2. The molecule has 2 amide bonds. The third kappa shape index (κ3) is 6.45. The van der Waals surface area contributed by atoms with E-state index in [1.54, 1.807) is 31.4 Å². The molecule has 0 spiro atoms. The summed E-state index contributed by atoms with van der Waals surface area (Å²) in [6.07, 6.45) is 0. The van der Waals surface area contributed by atoms with Gasteiger partial charge in [-0.25, -0.2) is 0 Å². The maximum atomic E-state index is 12.5. The monoisotopic (exact) mass is 440 g/mol. The van der Waals surface area contributed by atoms with Gasteiger partial charge in [0.05, 0.1) is 19.8 Å². The number of piperazine rings is 1. The van der Waals surface area contributed by atoms with Crippen molar-refractivity contribution >= 4 is 17.5 Å². The third-order valence-corrected chi connectivity index (χ3v) is 5.56. The summed E-state index contributed by atoms with van der Waals surface area (Å²) in [7, 11) is 3.74. The molecule has 1 aliphatic rings. The number of amides is 2. The lowest BCUT2D eigenvalue weighted by Gasteiger charge is -2.38. The molecule has 2 aromatic rings. The van der Waals surface area contributed by atoms with Crippen molar-refractivity contribution < 1.29 is 19.1 Å². The van der Waals surface area contributed by atoms with Crippen molar-refractivity contribution in [2.75, 3.05) is 58.8 Å². The molecule has 2 N–H and O–H groups in total. The predicted molar refractivity (Wildman–Crippen MR) is 124 cm³/mol. The molecule has 1 aliphatic heterocycles. The van der Waals surface area contributed by atoms with Crippen molar-refractivity contribution in [1.29, 1.82) is 0 Å². The molecule has 0 radical (unpaired) electrons. The fourth-order valence-electron chi connectivity index (χ4n) is 3.68. The second-order valence-corrected chi connectivity index (χ2v) is 7.75. The Morgan fingerprint density at radius 3 is 2.16 bits per heavy atom. The van der Waals surface area contributed by atoms with Crippen LogP contribution in [0.5, 0.6) is 11.5 Å². The van der Waals surface area contributed by atoms with Gasteiger partial charge in [-0.1, -0.05) is 12.1 Å². The van der Waals surface area contributed by atoms with Gasteiger partial charge in [0.1, 0.15) is 11.5 Å². The van der Waals surface area contributed by atoms with Crippen LogP contribution in [0.4, 0.5) is 5.69 Å². The Morgan fingerprint density at radius 2 is 1.56 bits per heavy atom. The van der Waals surface area contributed by atoms with Crippen molar-refractivity contribution in [2.24, 2.45) is 0 Å².